The normalized spacial score (nSPS) is 23.2. The van der Waals surface area contributed by atoms with Crippen LogP contribution in [0.4, 0.5) is 5.82 Å². The lowest BCUT2D eigenvalue weighted by atomic mass is 10.1. The van der Waals surface area contributed by atoms with Crippen molar-refractivity contribution in [3.8, 4) is 17.9 Å². The van der Waals surface area contributed by atoms with Crippen molar-refractivity contribution in [2.45, 2.75) is 24.9 Å². The molecule has 2 aliphatic heterocycles. The molecule has 2 fully saturated rings. The Balaban J connectivity index is 1.47. The fourth-order valence-corrected chi connectivity index (χ4v) is 3.96. The summed E-state index contributed by atoms with van der Waals surface area (Å²) in [5.74, 6) is 7.29. The van der Waals surface area contributed by atoms with E-state index in [4.69, 9.17) is 0 Å². The molecular formula is C17H16N6S. The van der Waals surface area contributed by atoms with Crippen LogP contribution in [0.3, 0.4) is 0 Å². The molecule has 2 aromatic rings. The average molecular weight is 336 g/mol. The number of fused-ring (bicyclic) bond motifs is 1. The van der Waals surface area contributed by atoms with Crippen molar-refractivity contribution < 1.29 is 0 Å². The molecule has 7 heteroatoms. The van der Waals surface area contributed by atoms with Crippen LogP contribution in [0.2, 0.25) is 0 Å². The second-order valence-electron chi connectivity index (χ2n) is 5.88. The summed E-state index contributed by atoms with van der Waals surface area (Å²) in [5.41, 5.74) is 0.407. The minimum atomic E-state index is 0.304. The molecule has 0 saturated carbocycles. The molecule has 4 rings (SSSR count). The third-order valence-electron chi connectivity index (χ3n) is 4.56. The Kier molecular flexibility index (Phi) is 4.12. The lowest BCUT2D eigenvalue weighted by molar-refractivity contribution is 0.202. The van der Waals surface area contributed by atoms with Crippen molar-refractivity contribution in [1.29, 1.82) is 5.26 Å². The topological polar surface area (TPSA) is 68.9 Å². The van der Waals surface area contributed by atoms with E-state index in [2.05, 4.69) is 42.7 Å². The summed E-state index contributed by atoms with van der Waals surface area (Å²) in [6.07, 6.45) is 7.22. The van der Waals surface area contributed by atoms with Crippen LogP contribution in [-0.2, 0) is 0 Å². The van der Waals surface area contributed by atoms with E-state index in [1.54, 1.807) is 29.9 Å². The van der Waals surface area contributed by atoms with Gasteiger partial charge in [0.2, 0.25) is 0 Å². The quantitative estimate of drug-likeness (QED) is 0.735. The predicted octanol–water partition coefficient (Wildman–Crippen LogP) is 1.51. The lowest BCUT2D eigenvalue weighted by Gasteiger charge is -2.39. The molecule has 2 aliphatic rings. The molecule has 24 heavy (non-hydrogen) atoms. The van der Waals surface area contributed by atoms with Crippen molar-refractivity contribution in [3.63, 3.8) is 0 Å². The third-order valence-corrected chi connectivity index (χ3v) is 5.25. The molecule has 4 heterocycles. The number of hydrogen-bond acceptors (Lipinski definition) is 7. The first-order valence-corrected chi connectivity index (χ1v) is 8.86. The predicted molar refractivity (Wildman–Crippen MR) is 91.5 cm³/mol. The highest BCUT2D eigenvalue weighted by Crippen LogP contribution is 2.29. The zero-order chi connectivity index (χ0) is 16.4. The Labute approximate surface area is 144 Å². The monoisotopic (exact) mass is 336 g/mol. The molecule has 2 atom stereocenters. The maximum absolute atomic E-state index is 9.23. The summed E-state index contributed by atoms with van der Waals surface area (Å²) >= 11 is 1.58. The standard InChI is InChI=1S/C17H16N6S/c18-11-15-17(21-6-5-19-15)22-8-9-23-13(1-2-14(23)12-22)3-4-16-20-7-10-24-16/h5-7,10,13-14H,1-2,8-9,12H2/t13-,14+/m1/s1. The maximum atomic E-state index is 9.23. The molecule has 6 nitrogen and oxygen atoms in total. The Morgan fingerprint density at radius 1 is 1.12 bits per heavy atom. The van der Waals surface area contributed by atoms with Gasteiger partial charge in [0, 0.05) is 49.6 Å². The van der Waals surface area contributed by atoms with Gasteiger partial charge in [-0.05, 0) is 18.8 Å². The van der Waals surface area contributed by atoms with Crippen molar-refractivity contribution in [1.82, 2.24) is 19.9 Å². The van der Waals surface area contributed by atoms with Gasteiger partial charge in [0.1, 0.15) is 6.07 Å². The zero-order valence-corrected chi connectivity index (χ0v) is 13.9. The fraction of sp³-hybridized carbons (Fsp3) is 0.412. The summed E-state index contributed by atoms with van der Waals surface area (Å²) in [6.45, 7) is 2.66. The minimum Gasteiger partial charge on any atom is -0.351 e. The SMILES string of the molecule is N#Cc1nccnc1N1CCN2[C@@H](CC[C@@H]2C#Cc2nccs2)C1. The number of anilines is 1. The molecule has 0 aromatic carbocycles. The van der Waals surface area contributed by atoms with Crippen LogP contribution >= 0.6 is 11.3 Å². The largest absolute Gasteiger partial charge is 0.351 e. The second-order valence-corrected chi connectivity index (χ2v) is 6.77. The molecule has 0 N–H and O–H groups in total. The first kappa shape index (κ1) is 15.1. The number of thiazole rings is 1. The third kappa shape index (κ3) is 2.84. The number of rotatable bonds is 1. The van der Waals surface area contributed by atoms with E-state index in [0.717, 1.165) is 37.5 Å². The highest BCUT2D eigenvalue weighted by atomic mass is 32.1. The van der Waals surface area contributed by atoms with Crippen LogP contribution in [0.5, 0.6) is 0 Å². The van der Waals surface area contributed by atoms with Gasteiger partial charge in [-0.1, -0.05) is 5.92 Å². The van der Waals surface area contributed by atoms with E-state index >= 15 is 0 Å². The molecule has 0 spiro atoms. The van der Waals surface area contributed by atoms with Gasteiger partial charge in [-0.25, -0.2) is 15.0 Å². The van der Waals surface area contributed by atoms with Gasteiger partial charge in [-0.2, -0.15) is 5.26 Å². The van der Waals surface area contributed by atoms with Crippen LogP contribution in [0.25, 0.3) is 0 Å². The summed E-state index contributed by atoms with van der Waals surface area (Å²) in [7, 11) is 0. The van der Waals surface area contributed by atoms with Crippen molar-refractivity contribution in [2.24, 2.45) is 0 Å². The van der Waals surface area contributed by atoms with Gasteiger partial charge in [-0.3, -0.25) is 4.90 Å². The first-order valence-electron chi connectivity index (χ1n) is 7.98. The van der Waals surface area contributed by atoms with Gasteiger partial charge < -0.3 is 4.90 Å². The maximum Gasteiger partial charge on any atom is 0.183 e. The smallest absolute Gasteiger partial charge is 0.183 e. The highest BCUT2D eigenvalue weighted by molar-refractivity contribution is 7.10. The highest BCUT2D eigenvalue weighted by Gasteiger charge is 2.37. The summed E-state index contributed by atoms with van der Waals surface area (Å²) in [6, 6.07) is 2.91. The van der Waals surface area contributed by atoms with Crippen molar-refractivity contribution in [2.75, 3.05) is 24.5 Å². The van der Waals surface area contributed by atoms with Crippen LogP contribution in [0.1, 0.15) is 23.5 Å². The van der Waals surface area contributed by atoms with Crippen molar-refractivity contribution in [3.05, 3.63) is 34.7 Å². The molecule has 0 aliphatic carbocycles. The molecule has 2 saturated heterocycles. The fourth-order valence-electron chi connectivity index (χ4n) is 3.47. The summed E-state index contributed by atoms with van der Waals surface area (Å²) in [5, 5.41) is 12.1. The van der Waals surface area contributed by atoms with E-state index in [0.29, 0.717) is 23.6 Å². The van der Waals surface area contributed by atoms with Gasteiger partial charge in [0.15, 0.2) is 16.5 Å². The zero-order valence-electron chi connectivity index (χ0n) is 13.1. The Morgan fingerprint density at radius 2 is 2.04 bits per heavy atom. The van der Waals surface area contributed by atoms with E-state index in [1.165, 1.54) is 0 Å². The molecule has 0 bridgehead atoms. The van der Waals surface area contributed by atoms with E-state index < -0.39 is 0 Å². The van der Waals surface area contributed by atoms with E-state index in [-0.39, 0.29) is 0 Å². The van der Waals surface area contributed by atoms with Gasteiger partial charge in [0.25, 0.3) is 0 Å². The van der Waals surface area contributed by atoms with Crippen LogP contribution < -0.4 is 4.90 Å². The Morgan fingerprint density at radius 3 is 2.88 bits per heavy atom. The van der Waals surface area contributed by atoms with Gasteiger partial charge in [0.05, 0.1) is 6.04 Å². The van der Waals surface area contributed by atoms with E-state index in [1.807, 2.05) is 5.38 Å². The van der Waals surface area contributed by atoms with Crippen LogP contribution in [-0.4, -0.2) is 51.6 Å². The molecular weight excluding hydrogens is 320 g/mol. The van der Waals surface area contributed by atoms with Crippen LogP contribution in [0.15, 0.2) is 24.0 Å². The molecule has 0 radical (unpaired) electrons. The Hall–Kier alpha value is -2.48. The lowest BCUT2D eigenvalue weighted by Crippen LogP contribution is -2.52. The molecule has 0 unspecified atom stereocenters. The number of nitrogens with zero attached hydrogens (tertiary/aromatic N) is 6. The summed E-state index contributed by atoms with van der Waals surface area (Å²) in [4.78, 5) is 17.4. The number of piperazine rings is 1. The first-order chi connectivity index (χ1) is 11.8. The number of nitriles is 1. The van der Waals surface area contributed by atoms with Crippen LogP contribution in [0, 0.1) is 23.2 Å². The van der Waals surface area contributed by atoms with Gasteiger partial charge >= 0.3 is 0 Å². The average Bonchev–Trinajstić information content (AvgIpc) is 3.29. The molecule has 0 amide bonds. The Bertz CT molecular complexity index is 816. The molecule has 120 valence electrons. The summed E-state index contributed by atoms with van der Waals surface area (Å²) < 4.78 is 0. The number of aromatic nitrogens is 3. The van der Waals surface area contributed by atoms with Gasteiger partial charge in [-0.15, -0.1) is 11.3 Å². The number of hydrogen-bond donors (Lipinski definition) is 0. The van der Waals surface area contributed by atoms with E-state index in [9.17, 15) is 5.26 Å². The second kappa shape index (κ2) is 6.56. The molecule has 2 aromatic heterocycles. The van der Waals surface area contributed by atoms with Crippen molar-refractivity contribution >= 4 is 17.2 Å². The minimum absolute atomic E-state index is 0.304.